The Morgan fingerprint density at radius 3 is 1.67 bits per heavy atom. The van der Waals surface area contributed by atoms with Gasteiger partial charge in [-0.1, -0.05) is 78.9 Å². The van der Waals surface area contributed by atoms with Crippen molar-refractivity contribution in [1.29, 1.82) is 0 Å². The number of aromatic nitrogens is 2. The molecular formula is C40H22N2S3. The van der Waals surface area contributed by atoms with Crippen LogP contribution in [0.3, 0.4) is 0 Å². The Labute approximate surface area is 270 Å². The predicted molar refractivity (Wildman–Crippen MR) is 197 cm³/mol. The lowest BCUT2D eigenvalue weighted by Gasteiger charge is -2.06. The van der Waals surface area contributed by atoms with Gasteiger partial charge in [-0.3, -0.25) is 0 Å². The Kier molecular flexibility index (Phi) is 5.52. The van der Waals surface area contributed by atoms with E-state index in [1.54, 1.807) is 0 Å². The molecule has 210 valence electrons. The molecule has 4 heterocycles. The van der Waals surface area contributed by atoms with Crippen LogP contribution in [0.15, 0.2) is 134 Å². The second kappa shape index (κ2) is 9.78. The van der Waals surface area contributed by atoms with Gasteiger partial charge in [0.15, 0.2) is 5.82 Å². The summed E-state index contributed by atoms with van der Waals surface area (Å²) in [5, 5.41) is 9.11. The first kappa shape index (κ1) is 25.4. The number of rotatable bonds is 3. The molecule has 0 radical (unpaired) electrons. The van der Waals surface area contributed by atoms with Crippen LogP contribution in [0.25, 0.3) is 94.2 Å². The van der Waals surface area contributed by atoms with E-state index in [0.29, 0.717) is 0 Å². The van der Waals surface area contributed by atoms with Gasteiger partial charge in [-0.15, -0.1) is 34.0 Å². The van der Waals surface area contributed by atoms with Crippen molar-refractivity contribution in [3.05, 3.63) is 134 Å². The van der Waals surface area contributed by atoms with Crippen molar-refractivity contribution >= 4 is 95.2 Å². The number of nitrogens with zero attached hydrogens (tertiary/aromatic N) is 2. The molecule has 45 heavy (non-hydrogen) atoms. The zero-order valence-electron chi connectivity index (χ0n) is 23.8. The average molecular weight is 627 g/mol. The van der Waals surface area contributed by atoms with Crippen LogP contribution in [0.2, 0.25) is 0 Å². The van der Waals surface area contributed by atoms with Gasteiger partial charge >= 0.3 is 0 Å². The number of thiophene rings is 3. The summed E-state index contributed by atoms with van der Waals surface area (Å²) in [5.41, 5.74) is 4.39. The summed E-state index contributed by atoms with van der Waals surface area (Å²) in [6.45, 7) is 0. The Morgan fingerprint density at radius 2 is 0.956 bits per heavy atom. The second-order valence-corrected chi connectivity index (χ2v) is 14.7. The third kappa shape index (κ3) is 4.12. The van der Waals surface area contributed by atoms with E-state index in [1.165, 1.54) is 71.6 Å². The molecule has 0 fully saturated rings. The molecule has 0 aliphatic heterocycles. The van der Waals surface area contributed by atoms with E-state index < -0.39 is 0 Å². The highest BCUT2D eigenvalue weighted by Crippen LogP contribution is 2.46. The smallest absolute Gasteiger partial charge is 0.159 e. The van der Waals surface area contributed by atoms with E-state index in [-0.39, 0.29) is 0 Å². The van der Waals surface area contributed by atoms with Crippen LogP contribution in [-0.2, 0) is 0 Å². The van der Waals surface area contributed by atoms with Crippen molar-refractivity contribution in [2.45, 2.75) is 0 Å². The number of fused-ring (bicyclic) bond motifs is 8. The molecule has 0 saturated heterocycles. The first-order chi connectivity index (χ1) is 22.2. The van der Waals surface area contributed by atoms with Gasteiger partial charge in [0.05, 0.1) is 9.40 Å². The van der Waals surface area contributed by atoms with E-state index in [0.717, 1.165) is 22.5 Å². The summed E-state index contributed by atoms with van der Waals surface area (Å²) in [4.78, 5) is 10.8. The number of benzene rings is 6. The first-order valence-corrected chi connectivity index (χ1v) is 17.3. The van der Waals surface area contributed by atoms with Crippen LogP contribution < -0.4 is 0 Å². The van der Waals surface area contributed by atoms with Gasteiger partial charge < -0.3 is 0 Å². The summed E-state index contributed by atoms with van der Waals surface area (Å²) in [6.07, 6.45) is 3.89. The predicted octanol–water partition coefficient (Wildman–Crippen LogP) is 12.6. The minimum absolute atomic E-state index is 0.739. The van der Waals surface area contributed by atoms with E-state index in [2.05, 4.69) is 121 Å². The van der Waals surface area contributed by atoms with Crippen molar-refractivity contribution in [1.82, 2.24) is 9.97 Å². The summed E-state index contributed by atoms with van der Waals surface area (Å²) >= 11 is 5.65. The van der Waals surface area contributed by atoms with E-state index in [4.69, 9.17) is 9.97 Å². The highest BCUT2D eigenvalue weighted by molar-refractivity contribution is 7.36. The van der Waals surface area contributed by atoms with Gasteiger partial charge in [0.25, 0.3) is 0 Å². The Hall–Kier alpha value is -4.94. The SMILES string of the molecule is c1ccc2cc3c(cc2c1)sc1c2cc4ccc(-c5cnc(-c6ccc(-c7cc8ccccc8s7)cc6)nc5)cc4cc2sc31. The lowest BCUT2D eigenvalue weighted by Crippen LogP contribution is -1.90. The molecule has 0 aliphatic rings. The van der Waals surface area contributed by atoms with Gasteiger partial charge in [0.1, 0.15) is 0 Å². The Bertz CT molecular complexity index is 2710. The lowest BCUT2D eigenvalue weighted by atomic mass is 10.0. The van der Waals surface area contributed by atoms with Gasteiger partial charge in [-0.2, -0.15) is 0 Å². The molecule has 2 nitrogen and oxygen atoms in total. The molecule has 0 atom stereocenters. The first-order valence-electron chi connectivity index (χ1n) is 14.9. The van der Waals surface area contributed by atoms with Crippen LogP contribution >= 0.6 is 34.0 Å². The molecule has 0 unspecified atom stereocenters. The van der Waals surface area contributed by atoms with E-state index in [9.17, 15) is 0 Å². The topological polar surface area (TPSA) is 25.8 Å². The molecule has 5 heteroatoms. The summed E-state index contributed by atoms with van der Waals surface area (Å²) < 4.78 is 6.80. The summed E-state index contributed by atoms with van der Waals surface area (Å²) in [5.74, 6) is 0.739. The zero-order chi connectivity index (χ0) is 29.5. The highest BCUT2D eigenvalue weighted by atomic mass is 32.1. The lowest BCUT2D eigenvalue weighted by molar-refractivity contribution is 1.18. The molecule has 0 bridgehead atoms. The molecule has 0 spiro atoms. The van der Waals surface area contributed by atoms with E-state index in [1.807, 2.05) is 46.4 Å². The van der Waals surface area contributed by atoms with Crippen molar-refractivity contribution in [3.8, 4) is 33.0 Å². The average Bonchev–Trinajstić information content (AvgIpc) is 3.78. The molecule has 0 amide bonds. The van der Waals surface area contributed by atoms with Crippen LogP contribution in [0.4, 0.5) is 0 Å². The summed E-state index contributed by atoms with van der Waals surface area (Å²) in [7, 11) is 0. The van der Waals surface area contributed by atoms with Crippen LogP contribution in [-0.4, -0.2) is 9.97 Å². The molecule has 0 saturated carbocycles. The van der Waals surface area contributed by atoms with E-state index >= 15 is 0 Å². The Morgan fingerprint density at radius 1 is 0.378 bits per heavy atom. The minimum atomic E-state index is 0.739. The molecule has 10 aromatic rings. The molecular weight excluding hydrogens is 605 g/mol. The van der Waals surface area contributed by atoms with Crippen molar-refractivity contribution in [3.63, 3.8) is 0 Å². The maximum atomic E-state index is 4.76. The van der Waals surface area contributed by atoms with Crippen LogP contribution in [0.1, 0.15) is 0 Å². The summed E-state index contributed by atoms with van der Waals surface area (Å²) in [6, 6.07) is 44.1. The molecule has 4 aromatic heterocycles. The molecule has 0 N–H and O–H groups in total. The van der Waals surface area contributed by atoms with Gasteiger partial charge in [0.2, 0.25) is 0 Å². The number of hydrogen-bond donors (Lipinski definition) is 0. The van der Waals surface area contributed by atoms with Crippen molar-refractivity contribution < 1.29 is 0 Å². The maximum Gasteiger partial charge on any atom is 0.159 e. The van der Waals surface area contributed by atoms with Crippen LogP contribution in [0.5, 0.6) is 0 Å². The highest BCUT2D eigenvalue weighted by Gasteiger charge is 2.14. The fraction of sp³-hybridized carbons (Fsp3) is 0. The second-order valence-electron chi connectivity index (χ2n) is 11.5. The minimum Gasteiger partial charge on any atom is -0.236 e. The monoisotopic (exact) mass is 626 g/mol. The third-order valence-electron chi connectivity index (χ3n) is 8.74. The molecule has 10 rings (SSSR count). The fourth-order valence-electron chi connectivity index (χ4n) is 6.40. The third-order valence-corrected chi connectivity index (χ3v) is 12.4. The van der Waals surface area contributed by atoms with Gasteiger partial charge in [-0.05, 0) is 80.5 Å². The maximum absolute atomic E-state index is 4.76. The largest absolute Gasteiger partial charge is 0.236 e. The molecule has 6 aromatic carbocycles. The van der Waals surface area contributed by atoms with Crippen LogP contribution in [0, 0.1) is 0 Å². The van der Waals surface area contributed by atoms with Crippen molar-refractivity contribution in [2.24, 2.45) is 0 Å². The quantitative estimate of drug-likeness (QED) is 0.195. The van der Waals surface area contributed by atoms with Gasteiger partial charge in [0, 0.05) is 53.3 Å². The fourth-order valence-corrected chi connectivity index (χ4v) is 10.2. The zero-order valence-corrected chi connectivity index (χ0v) is 26.3. The van der Waals surface area contributed by atoms with Crippen molar-refractivity contribution in [2.75, 3.05) is 0 Å². The standard InChI is InChI=1S/C40H22N2S3/c1-2-6-26-18-36-32(16-25(26)5-1)38-39(44-36)33-17-28-14-13-27(15-30(28)20-37(33)45-38)31-21-41-40(42-22-31)24-11-9-23(10-12-24)35-19-29-7-3-4-8-34(29)43-35/h1-22H. The number of hydrogen-bond acceptors (Lipinski definition) is 5. The molecule has 0 aliphatic carbocycles. The van der Waals surface area contributed by atoms with Gasteiger partial charge in [-0.25, -0.2) is 9.97 Å². The Balaban J connectivity index is 0.972. The normalized spacial score (nSPS) is 12.0.